The molecule has 0 aliphatic carbocycles. The summed E-state index contributed by atoms with van der Waals surface area (Å²) in [7, 11) is 5.94. The topological polar surface area (TPSA) is 68.2 Å². The fourth-order valence-corrected chi connectivity index (χ4v) is 2.73. The molecular formula is C18H20N4O2. The number of amidine groups is 1. The SMILES string of the molecule is CN(C)c1ccc(C2=NNC(c3cccc(C(=O)O)c3)N2C)cc1. The van der Waals surface area contributed by atoms with Crippen LogP contribution in [0.1, 0.15) is 27.7 Å². The Labute approximate surface area is 141 Å². The Morgan fingerprint density at radius 1 is 1.21 bits per heavy atom. The summed E-state index contributed by atoms with van der Waals surface area (Å²) in [6.45, 7) is 0. The second kappa shape index (κ2) is 6.23. The first-order valence-electron chi connectivity index (χ1n) is 7.64. The molecule has 0 fully saturated rings. The van der Waals surface area contributed by atoms with E-state index in [9.17, 15) is 4.79 Å². The molecule has 0 bridgehead atoms. The number of nitrogens with one attached hydrogen (secondary N) is 1. The van der Waals surface area contributed by atoms with Crippen LogP contribution < -0.4 is 10.3 Å². The van der Waals surface area contributed by atoms with E-state index in [4.69, 9.17) is 5.11 Å². The molecule has 1 heterocycles. The fourth-order valence-electron chi connectivity index (χ4n) is 2.73. The van der Waals surface area contributed by atoms with Gasteiger partial charge in [0.15, 0.2) is 5.84 Å². The van der Waals surface area contributed by atoms with Gasteiger partial charge in [0.2, 0.25) is 0 Å². The van der Waals surface area contributed by atoms with Crippen molar-refractivity contribution in [1.82, 2.24) is 10.3 Å². The number of benzene rings is 2. The summed E-state index contributed by atoms with van der Waals surface area (Å²) in [4.78, 5) is 15.2. The number of carboxylic acids is 1. The average molecular weight is 324 g/mol. The third-order valence-electron chi connectivity index (χ3n) is 4.11. The maximum Gasteiger partial charge on any atom is 0.335 e. The van der Waals surface area contributed by atoms with Crippen LogP contribution in [0.15, 0.2) is 53.6 Å². The molecule has 0 saturated heterocycles. The zero-order chi connectivity index (χ0) is 17.3. The summed E-state index contributed by atoms with van der Waals surface area (Å²) in [6, 6.07) is 15.1. The molecule has 0 amide bonds. The van der Waals surface area contributed by atoms with Crippen molar-refractivity contribution in [3.8, 4) is 0 Å². The van der Waals surface area contributed by atoms with Crippen molar-refractivity contribution in [2.24, 2.45) is 5.10 Å². The molecular weight excluding hydrogens is 304 g/mol. The number of anilines is 1. The lowest BCUT2D eigenvalue weighted by Gasteiger charge is -2.23. The Morgan fingerprint density at radius 2 is 1.92 bits per heavy atom. The van der Waals surface area contributed by atoms with E-state index in [1.54, 1.807) is 18.2 Å². The Morgan fingerprint density at radius 3 is 2.54 bits per heavy atom. The molecule has 0 aromatic heterocycles. The third kappa shape index (κ3) is 2.90. The van der Waals surface area contributed by atoms with Crippen LogP contribution in [0.2, 0.25) is 0 Å². The molecule has 24 heavy (non-hydrogen) atoms. The average Bonchev–Trinajstić information content (AvgIpc) is 2.96. The van der Waals surface area contributed by atoms with Gasteiger partial charge >= 0.3 is 5.97 Å². The minimum Gasteiger partial charge on any atom is -0.478 e. The molecule has 3 rings (SSSR count). The van der Waals surface area contributed by atoms with Crippen molar-refractivity contribution in [3.05, 3.63) is 65.2 Å². The van der Waals surface area contributed by atoms with Crippen molar-refractivity contribution >= 4 is 17.5 Å². The molecule has 0 saturated carbocycles. The van der Waals surface area contributed by atoms with Crippen molar-refractivity contribution in [2.45, 2.75) is 6.17 Å². The monoisotopic (exact) mass is 324 g/mol. The maximum absolute atomic E-state index is 11.2. The summed E-state index contributed by atoms with van der Waals surface area (Å²) in [5, 5.41) is 13.6. The highest BCUT2D eigenvalue weighted by molar-refractivity contribution is 6.00. The lowest BCUT2D eigenvalue weighted by molar-refractivity contribution is 0.0696. The third-order valence-corrected chi connectivity index (χ3v) is 4.11. The smallest absolute Gasteiger partial charge is 0.335 e. The van der Waals surface area contributed by atoms with Gasteiger partial charge in [-0.25, -0.2) is 4.79 Å². The first-order valence-corrected chi connectivity index (χ1v) is 7.64. The molecule has 2 N–H and O–H groups in total. The number of nitrogens with zero attached hydrogens (tertiary/aromatic N) is 3. The van der Waals surface area contributed by atoms with Gasteiger partial charge in [0.1, 0.15) is 6.17 Å². The molecule has 0 spiro atoms. The highest BCUT2D eigenvalue weighted by Crippen LogP contribution is 2.25. The minimum atomic E-state index is -0.932. The summed E-state index contributed by atoms with van der Waals surface area (Å²) >= 11 is 0. The van der Waals surface area contributed by atoms with Crippen LogP contribution in [-0.4, -0.2) is 43.0 Å². The van der Waals surface area contributed by atoms with Crippen LogP contribution in [0, 0.1) is 0 Å². The molecule has 2 aromatic carbocycles. The van der Waals surface area contributed by atoms with Gasteiger partial charge in [-0.3, -0.25) is 5.43 Å². The lowest BCUT2D eigenvalue weighted by atomic mass is 10.1. The summed E-state index contributed by atoms with van der Waals surface area (Å²) in [5.41, 5.74) is 6.35. The van der Waals surface area contributed by atoms with E-state index in [0.717, 1.165) is 22.6 Å². The van der Waals surface area contributed by atoms with Gasteiger partial charge in [0, 0.05) is 32.4 Å². The molecule has 0 radical (unpaired) electrons. The highest BCUT2D eigenvalue weighted by Gasteiger charge is 2.27. The number of hydrogen-bond acceptors (Lipinski definition) is 5. The van der Waals surface area contributed by atoms with Crippen LogP contribution in [0.3, 0.4) is 0 Å². The van der Waals surface area contributed by atoms with E-state index in [1.807, 2.05) is 61.3 Å². The highest BCUT2D eigenvalue weighted by atomic mass is 16.4. The molecule has 1 unspecified atom stereocenters. The Hall–Kier alpha value is -3.02. The molecule has 124 valence electrons. The normalized spacial score (nSPS) is 16.5. The number of carboxylic acid groups (broad SMARTS) is 1. The Balaban J connectivity index is 1.82. The van der Waals surface area contributed by atoms with Crippen LogP contribution in [0.5, 0.6) is 0 Å². The van der Waals surface area contributed by atoms with Crippen molar-refractivity contribution in [1.29, 1.82) is 0 Å². The number of hydrazone groups is 1. The van der Waals surface area contributed by atoms with Gasteiger partial charge in [-0.1, -0.05) is 12.1 Å². The summed E-state index contributed by atoms with van der Waals surface area (Å²) in [5.74, 6) is -0.107. The Kier molecular flexibility index (Phi) is 4.12. The molecule has 1 aliphatic heterocycles. The molecule has 2 aromatic rings. The molecule has 1 aliphatic rings. The number of aromatic carboxylic acids is 1. The molecule has 6 heteroatoms. The molecule has 6 nitrogen and oxygen atoms in total. The first kappa shape index (κ1) is 15.9. The van der Waals surface area contributed by atoms with Crippen molar-refractivity contribution < 1.29 is 9.90 Å². The first-order chi connectivity index (χ1) is 11.5. The Bertz CT molecular complexity index is 784. The number of rotatable bonds is 4. The van der Waals surface area contributed by atoms with Gasteiger partial charge < -0.3 is 14.9 Å². The predicted molar refractivity (Wildman–Crippen MR) is 94.3 cm³/mol. The number of carbonyl (C=O) groups is 1. The quantitative estimate of drug-likeness (QED) is 0.903. The van der Waals surface area contributed by atoms with Crippen LogP contribution in [-0.2, 0) is 0 Å². The van der Waals surface area contributed by atoms with E-state index in [-0.39, 0.29) is 11.7 Å². The molecule has 1 atom stereocenters. The second-order valence-electron chi connectivity index (χ2n) is 5.95. The predicted octanol–water partition coefficient (Wildman–Crippen LogP) is 2.35. The van der Waals surface area contributed by atoms with Gasteiger partial charge in [-0.2, -0.15) is 5.10 Å². The van der Waals surface area contributed by atoms with E-state index >= 15 is 0 Å². The lowest BCUT2D eigenvalue weighted by Crippen LogP contribution is -2.30. The van der Waals surface area contributed by atoms with Gasteiger partial charge in [-0.15, -0.1) is 0 Å². The van der Waals surface area contributed by atoms with Gasteiger partial charge in [-0.05, 0) is 42.0 Å². The zero-order valence-corrected chi connectivity index (χ0v) is 13.9. The van der Waals surface area contributed by atoms with E-state index in [1.165, 1.54) is 0 Å². The summed E-state index contributed by atoms with van der Waals surface area (Å²) in [6.07, 6.45) is -0.187. The standard InChI is InChI=1S/C18H20N4O2/c1-21(2)15-9-7-12(8-10-15)16-19-20-17(22(16)3)13-5-4-6-14(11-13)18(23)24/h4-11,17,20H,1-3H3,(H,23,24). The van der Waals surface area contributed by atoms with Crippen LogP contribution >= 0.6 is 0 Å². The van der Waals surface area contributed by atoms with Gasteiger partial charge in [0.05, 0.1) is 5.56 Å². The number of hydrogen-bond donors (Lipinski definition) is 2. The van der Waals surface area contributed by atoms with E-state index in [2.05, 4.69) is 10.5 Å². The minimum absolute atomic E-state index is 0.187. The van der Waals surface area contributed by atoms with Crippen LogP contribution in [0.4, 0.5) is 5.69 Å². The second-order valence-corrected chi connectivity index (χ2v) is 5.95. The van der Waals surface area contributed by atoms with E-state index < -0.39 is 5.97 Å². The van der Waals surface area contributed by atoms with Crippen LogP contribution in [0.25, 0.3) is 0 Å². The van der Waals surface area contributed by atoms with Crippen molar-refractivity contribution in [3.63, 3.8) is 0 Å². The maximum atomic E-state index is 11.2. The largest absolute Gasteiger partial charge is 0.478 e. The van der Waals surface area contributed by atoms with Gasteiger partial charge in [0.25, 0.3) is 0 Å². The van der Waals surface area contributed by atoms with E-state index in [0.29, 0.717) is 0 Å². The fraction of sp³-hybridized carbons (Fsp3) is 0.222. The van der Waals surface area contributed by atoms with Crippen molar-refractivity contribution in [2.75, 3.05) is 26.0 Å². The zero-order valence-electron chi connectivity index (χ0n) is 13.9. The summed E-state index contributed by atoms with van der Waals surface area (Å²) < 4.78 is 0.